The van der Waals surface area contributed by atoms with Crippen LogP contribution in [0.25, 0.3) is 0 Å². The van der Waals surface area contributed by atoms with Crippen molar-refractivity contribution < 1.29 is 23.5 Å². The van der Waals surface area contributed by atoms with Gasteiger partial charge in [-0.25, -0.2) is 13.9 Å². The van der Waals surface area contributed by atoms with Crippen LogP contribution in [-0.4, -0.2) is 35.0 Å². The Morgan fingerprint density at radius 3 is 2.33 bits per heavy atom. The van der Waals surface area contributed by atoms with Crippen molar-refractivity contribution in [3.8, 4) is 5.75 Å². The van der Waals surface area contributed by atoms with Gasteiger partial charge in [-0.2, -0.15) is 4.31 Å². The molecule has 1 heterocycles. The summed E-state index contributed by atoms with van der Waals surface area (Å²) in [6.45, 7) is 1.86. The van der Waals surface area contributed by atoms with E-state index in [2.05, 4.69) is 0 Å². The maximum absolute atomic E-state index is 13.5. The van der Waals surface area contributed by atoms with Crippen LogP contribution in [-0.2, 0) is 27.8 Å². The van der Waals surface area contributed by atoms with Crippen molar-refractivity contribution in [2.75, 3.05) is 0 Å². The van der Waals surface area contributed by atoms with E-state index in [-0.39, 0.29) is 23.6 Å². The van der Waals surface area contributed by atoms with Crippen molar-refractivity contribution in [1.29, 1.82) is 0 Å². The van der Waals surface area contributed by atoms with Gasteiger partial charge in [-0.15, -0.1) is 11.3 Å². The molecule has 0 fully saturated rings. The lowest BCUT2D eigenvalue weighted by Gasteiger charge is -2.29. The molecule has 7 nitrogen and oxygen atoms in total. The number of hydroxylamine groups is 1. The standard InChI is InChI=1S/C21H22N2O5S2/c1-15-4-6-16(7-5-15)14-23(30(27,28)19-10-8-17(24)9-11-19)20(21(25)22-26)13-18-3-2-12-29-18/h2-12,20,24,26H,13-14H2,1H3,(H,22,25)/t20-/m1/s1. The van der Waals surface area contributed by atoms with Crippen LogP contribution in [0.1, 0.15) is 16.0 Å². The average molecular weight is 447 g/mol. The number of phenolic OH excluding ortho intramolecular Hbond substituents is 1. The molecule has 1 atom stereocenters. The summed E-state index contributed by atoms with van der Waals surface area (Å²) in [5.74, 6) is -0.889. The lowest BCUT2D eigenvalue weighted by atomic mass is 10.1. The molecule has 3 N–H and O–H groups in total. The minimum absolute atomic E-state index is 0.0608. The van der Waals surface area contributed by atoms with E-state index in [1.807, 2.05) is 30.5 Å². The maximum Gasteiger partial charge on any atom is 0.262 e. The second kappa shape index (κ2) is 9.40. The Hall–Kier alpha value is -2.72. The number of amides is 1. The molecule has 30 heavy (non-hydrogen) atoms. The second-order valence-electron chi connectivity index (χ2n) is 6.81. The molecule has 3 aromatic rings. The number of nitrogens with one attached hydrogen (secondary N) is 1. The van der Waals surface area contributed by atoms with Gasteiger partial charge >= 0.3 is 0 Å². The third kappa shape index (κ3) is 5.06. The summed E-state index contributed by atoms with van der Waals surface area (Å²) < 4.78 is 28.1. The molecule has 0 unspecified atom stereocenters. The highest BCUT2D eigenvalue weighted by Crippen LogP contribution is 2.26. The van der Waals surface area contributed by atoms with Crippen molar-refractivity contribution >= 4 is 27.3 Å². The molecule has 9 heteroatoms. The van der Waals surface area contributed by atoms with Gasteiger partial charge in [0.25, 0.3) is 5.91 Å². The Morgan fingerprint density at radius 2 is 1.77 bits per heavy atom. The number of carbonyl (C=O) groups excluding carboxylic acids is 1. The number of aryl methyl sites for hydroxylation is 1. The third-order valence-corrected chi connectivity index (χ3v) is 7.41. The van der Waals surface area contributed by atoms with Gasteiger partial charge in [0.1, 0.15) is 11.8 Å². The molecule has 0 aliphatic heterocycles. The Kier molecular flexibility index (Phi) is 6.88. The van der Waals surface area contributed by atoms with Gasteiger partial charge in [0.15, 0.2) is 0 Å². The van der Waals surface area contributed by atoms with Crippen LogP contribution in [0.15, 0.2) is 70.9 Å². The van der Waals surface area contributed by atoms with Gasteiger partial charge in [-0.05, 0) is 48.2 Å². The number of benzene rings is 2. The monoisotopic (exact) mass is 446 g/mol. The molecule has 0 radical (unpaired) electrons. The van der Waals surface area contributed by atoms with Crippen molar-refractivity contribution in [1.82, 2.24) is 9.79 Å². The molecule has 3 rings (SSSR count). The minimum Gasteiger partial charge on any atom is -0.508 e. The summed E-state index contributed by atoms with van der Waals surface area (Å²) >= 11 is 1.40. The minimum atomic E-state index is -4.13. The molecule has 0 saturated heterocycles. The number of sulfonamides is 1. The van der Waals surface area contributed by atoms with Gasteiger partial charge in [-0.1, -0.05) is 35.9 Å². The van der Waals surface area contributed by atoms with Gasteiger partial charge in [0, 0.05) is 17.8 Å². The number of rotatable bonds is 8. The molecule has 2 aromatic carbocycles. The molecule has 0 bridgehead atoms. The first kappa shape index (κ1) is 22.0. The van der Waals surface area contributed by atoms with E-state index in [0.29, 0.717) is 5.56 Å². The molecule has 158 valence electrons. The van der Waals surface area contributed by atoms with E-state index in [1.54, 1.807) is 23.7 Å². The highest BCUT2D eigenvalue weighted by Gasteiger charge is 2.36. The van der Waals surface area contributed by atoms with Crippen molar-refractivity contribution in [2.45, 2.75) is 30.8 Å². The zero-order valence-corrected chi connectivity index (χ0v) is 17.9. The summed E-state index contributed by atoms with van der Waals surface area (Å²) in [6, 6.07) is 14.9. The summed E-state index contributed by atoms with van der Waals surface area (Å²) in [5, 5.41) is 20.7. The number of thiophene rings is 1. The summed E-state index contributed by atoms with van der Waals surface area (Å²) in [7, 11) is -4.13. The number of carbonyl (C=O) groups is 1. The SMILES string of the molecule is Cc1ccc(CN([C@H](Cc2cccs2)C(=O)NO)S(=O)(=O)c2ccc(O)cc2)cc1. The highest BCUT2D eigenvalue weighted by molar-refractivity contribution is 7.89. The first-order valence-electron chi connectivity index (χ1n) is 9.14. The summed E-state index contributed by atoms with van der Waals surface area (Å²) in [6.07, 6.45) is 0.104. The van der Waals surface area contributed by atoms with Gasteiger partial charge in [0.2, 0.25) is 10.0 Å². The van der Waals surface area contributed by atoms with E-state index in [9.17, 15) is 23.5 Å². The normalized spacial score (nSPS) is 12.6. The predicted molar refractivity (Wildman–Crippen MR) is 114 cm³/mol. The quantitative estimate of drug-likeness (QED) is 0.364. The number of hydrogen-bond donors (Lipinski definition) is 3. The largest absolute Gasteiger partial charge is 0.508 e. The van der Waals surface area contributed by atoms with Gasteiger partial charge < -0.3 is 5.11 Å². The number of phenols is 1. The van der Waals surface area contributed by atoms with E-state index >= 15 is 0 Å². The lowest BCUT2D eigenvalue weighted by Crippen LogP contribution is -2.49. The lowest BCUT2D eigenvalue weighted by molar-refractivity contribution is -0.133. The molecule has 0 aliphatic rings. The molecule has 1 aromatic heterocycles. The Bertz CT molecular complexity index is 1080. The fourth-order valence-corrected chi connectivity index (χ4v) is 5.33. The third-order valence-electron chi connectivity index (χ3n) is 4.64. The molecular weight excluding hydrogens is 424 g/mol. The first-order valence-corrected chi connectivity index (χ1v) is 11.5. The molecule has 0 saturated carbocycles. The zero-order chi connectivity index (χ0) is 21.7. The number of nitrogens with zero attached hydrogens (tertiary/aromatic N) is 1. The summed E-state index contributed by atoms with van der Waals surface area (Å²) in [5.41, 5.74) is 3.33. The molecule has 0 spiro atoms. The molecular formula is C21H22N2O5S2. The van der Waals surface area contributed by atoms with Gasteiger partial charge in [-0.3, -0.25) is 10.0 Å². The van der Waals surface area contributed by atoms with Crippen LogP contribution in [0.2, 0.25) is 0 Å². The maximum atomic E-state index is 13.5. The molecule has 0 aliphatic carbocycles. The van der Waals surface area contributed by atoms with Crippen LogP contribution in [0, 0.1) is 6.92 Å². The first-order chi connectivity index (χ1) is 14.3. The highest BCUT2D eigenvalue weighted by atomic mass is 32.2. The van der Waals surface area contributed by atoms with Crippen molar-refractivity contribution in [3.63, 3.8) is 0 Å². The predicted octanol–water partition coefficient (Wildman–Crippen LogP) is 3.07. The number of aromatic hydroxyl groups is 1. The van der Waals surface area contributed by atoms with Crippen LogP contribution in [0.5, 0.6) is 5.75 Å². The van der Waals surface area contributed by atoms with Crippen LogP contribution in [0.3, 0.4) is 0 Å². The van der Waals surface area contributed by atoms with Crippen molar-refractivity contribution in [3.05, 3.63) is 82.0 Å². The fraction of sp³-hybridized carbons (Fsp3) is 0.190. The zero-order valence-electron chi connectivity index (χ0n) is 16.2. The van der Waals surface area contributed by atoms with Crippen LogP contribution >= 0.6 is 11.3 Å². The van der Waals surface area contributed by atoms with Crippen LogP contribution < -0.4 is 5.48 Å². The summed E-state index contributed by atoms with van der Waals surface area (Å²) in [4.78, 5) is 13.3. The fourth-order valence-electron chi connectivity index (χ4n) is 3.01. The van der Waals surface area contributed by atoms with E-state index < -0.39 is 22.0 Å². The smallest absolute Gasteiger partial charge is 0.262 e. The Balaban J connectivity index is 2.07. The second-order valence-corrected chi connectivity index (χ2v) is 9.73. The topological polar surface area (TPSA) is 107 Å². The van der Waals surface area contributed by atoms with E-state index in [1.165, 1.54) is 35.6 Å². The Labute approximate surface area is 179 Å². The average Bonchev–Trinajstić information content (AvgIpc) is 3.25. The van der Waals surface area contributed by atoms with E-state index in [0.717, 1.165) is 14.7 Å². The number of hydrogen-bond acceptors (Lipinski definition) is 6. The Morgan fingerprint density at radius 1 is 1.10 bits per heavy atom. The van der Waals surface area contributed by atoms with Gasteiger partial charge in [0.05, 0.1) is 4.90 Å². The van der Waals surface area contributed by atoms with Crippen LogP contribution in [0.4, 0.5) is 0 Å². The molecule has 1 amide bonds. The van der Waals surface area contributed by atoms with Crippen molar-refractivity contribution in [2.24, 2.45) is 0 Å². The van der Waals surface area contributed by atoms with E-state index in [4.69, 9.17) is 0 Å².